The maximum absolute atomic E-state index is 9.37. The van der Waals surface area contributed by atoms with Crippen molar-refractivity contribution in [3.63, 3.8) is 0 Å². The monoisotopic (exact) mass is 200 g/mol. The smallest absolute Gasteiger partial charge is 0.303 e. The van der Waals surface area contributed by atoms with Gasteiger partial charge in [-0.1, -0.05) is 25.2 Å². The third kappa shape index (κ3) is 22.4. The SMILES string of the molecule is C=CCCCC=CCO.CCC(=O)O. The van der Waals surface area contributed by atoms with Gasteiger partial charge in [0.2, 0.25) is 0 Å². The van der Waals surface area contributed by atoms with Gasteiger partial charge >= 0.3 is 5.97 Å². The van der Waals surface area contributed by atoms with Crippen molar-refractivity contribution in [1.82, 2.24) is 0 Å². The van der Waals surface area contributed by atoms with E-state index in [-0.39, 0.29) is 13.0 Å². The van der Waals surface area contributed by atoms with E-state index in [1.54, 1.807) is 13.0 Å². The standard InChI is InChI=1S/C8H14O.C3H6O2/c1-2-3-4-5-6-7-8-9;1-2-3(4)5/h2,6-7,9H,1,3-5,8H2;2H2,1H3,(H,4,5). The van der Waals surface area contributed by atoms with Crippen LogP contribution in [0.4, 0.5) is 0 Å². The highest BCUT2D eigenvalue weighted by atomic mass is 16.4. The van der Waals surface area contributed by atoms with Crippen molar-refractivity contribution in [2.45, 2.75) is 32.6 Å². The van der Waals surface area contributed by atoms with Crippen molar-refractivity contribution in [2.75, 3.05) is 6.61 Å². The van der Waals surface area contributed by atoms with E-state index in [0.29, 0.717) is 0 Å². The normalized spacial score (nSPS) is 9.29. The lowest BCUT2D eigenvalue weighted by Gasteiger charge is -1.86. The van der Waals surface area contributed by atoms with Crippen LogP contribution in [0.2, 0.25) is 0 Å². The molecule has 0 aromatic rings. The first kappa shape index (κ1) is 15.4. The topological polar surface area (TPSA) is 57.5 Å². The van der Waals surface area contributed by atoms with Crippen molar-refractivity contribution < 1.29 is 15.0 Å². The van der Waals surface area contributed by atoms with E-state index in [0.717, 1.165) is 19.3 Å². The van der Waals surface area contributed by atoms with Crippen LogP contribution in [0.15, 0.2) is 24.8 Å². The second-order valence-electron chi connectivity index (χ2n) is 2.62. The molecule has 0 bridgehead atoms. The molecule has 14 heavy (non-hydrogen) atoms. The Kier molecular flexibility index (Phi) is 15.9. The molecule has 0 aliphatic carbocycles. The predicted octanol–water partition coefficient (Wildman–Crippen LogP) is 2.37. The number of hydrogen-bond acceptors (Lipinski definition) is 2. The molecule has 0 fully saturated rings. The summed E-state index contributed by atoms with van der Waals surface area (Å²) < 4.78 is 0. The zero-order valence-electron chi connectivity index (χ0n) is 8.78. The summed E-state index contributed by atoms with van der Waals surface area (Å²) in [6, 6.07) is 0. The minimum Gasteiger partial charge on any atom is -0.481 e. The molecule has 0 saturated heterocycles. The van der Waals surface area contributed by atoms with Gasteiger partial charge < -0.3 is 10.2 Å². The van der Waals surface area contributed by atoms with Crippen LogP contribution >= 0.6 is 0 Å². The minimum atomic E-state index is -0.745. The van der Waals surface area contributed by atoms with Gasteiger partial charge in [-0.3, -0.25) is 4.79 Å². The number of carbonyl (C=O) groups is 1. The maximum Gasteiger partial charge on any atom is 0.303 e. The highest BCUT2D eigenvalue weighted by Crippen LogP contribution is 1.95. The number of aliphatic hydroxyl groups is 1. The van der Waals surface area contributed by atoms with Crippen molar-refractivity contribution in [1.29, 1.82) is 0 Å². The molecule has 0 aromatic heterocycles. The molecule has 0 aromatic carbocycles. The quantitative estimate of drug-likeness (QED) is 0.511. The number of aliphatic hydroxyl groups excluding tert-OH is 1. The molecule has 0 spiro atoms. The summed E-state index contributed by atoms with van der Waals surface area (Å²) in [6.07, 6.45) is 9.14. The third-order valence-electron chi connectivity index (χ3n) is 1.35. The number of carboxylic acid groups (broad SMARTS) is 1. The molecule has 3 heteroatoms. The Balaban J connectivity index is 0. The van der Waals surface area contributed by atoms with Gasteiger partial charge in [-0.25, -0.2) is 0 Å². The van der Waals surface area contributed by atoms with Crippen molar-refractivity contribution in [3.05, 3.63) is 24.8 Å². The van der Waals surface area contributed by atoms with Crippen LogP contribution in [-0.4, -0.2) is 22.8 Å². The van der Waals surface area contributed by atoms with E-state index in [1.165, 1.54) is 0 Å². The Bertz CT molecular complexity index is 162. The van der Waals surface area contributed by atoms with Gasteiger partial charge in [0.05, 0.1) is 6.61 Å². The molecule has 82 valence electrons. The van der Waals surface area contributed by atoms with Crippen LogP contribution in [-0.2, 0) is 4.79 Å². The molecule has 0 heterocycles. The zero-order valence-corrected chi connectivity index (χ0v) is 8.78. The molecule has 0 aliphatic rings. The van der Waals surface area contributed by atoms with Crippen molar-refractivity contribution in [3.8, 4) is 0 Å². The van der Waals surface area contributed by atoms with E-state index in [4.69, 9.17) is 10.2 Å². The summed E-state index contributed by atoms with van der Waals surface area (Å²) in [5, 5.41) is 16.0. The fraction of sp³-hybridized carbons (Fsp3) is 0.545. The summed E-state index contributed by atoms with van der Waals surface area (Å²) in [6.45, 7) is 5.37. The van der Waals surface area contributed by atoms with Gasteiger partial charge in [0.15, 0.2) is 0 Å². The Morgan fingerprint density at radius 1 is 1.36 bits per heavy atom. The van der Waals surface area contributed by atoms with Gasteiger partial charge in [-0.2, -0.15) is 0 Å². The average Bonchev–Trinajstić information content (AvgIpc) is 2.19. The lowest BCUT2D eigenvalue weighted by molar-refractivity contribution is -0.136. The summed E-state index contributed by atoms with van der Waals surface area (Å²) in [7, 11) is 0. The lowest BCUT2D eigenvalue weighted by Crippen LogP contribution is -1.86. The molecule has 0 amide bonds. The molecular formula is C11H20O3. The van der Waals surface area contributed by atoms with Crippen molar-refractivity contribution >= 4 is 5.97 Å². The maximum atomic E-state index is 9.37. The lowest BCUT2D eigenvalue weighted by atomic mass is 10.2. The third-order valence-corrected chi connectivity index (χ3v) is 1.35. The average molecular weight is 200 g/mol. The summed E-state index contributed by atoms with van der Waals surface area (Å²) in [5.74, 6) is -0.745. The van der Waals surface area contributed by atoms with Gasteiger partial charge in [0.25, 0.3) is 0 Å². The number of aliphatic carboxylic acids is 1. The van der Waals surface area contributed by atoms with E-state index < -0.39 is 5.97 Å². The van der Waals surface area contributed by atoms with Crippen LogP contribution in [0.3, 0.4) is 0 Å². The van der Waals surface area contributed by atoms with Crippen LogP contribution in [0.5, 0.6) is 0 Å². The molecule has 0 saturated carbocycles. The fourth-order valence-corrected chi connectivity index (χ4v) is 0.572. The number of carboxylic acids is 1. The molecule has 0 rings (SSSR count). The second-order valence-corrected chi connectivity index (χ2v) is 2.62. The second kappa shape index (κ2) is 14.4. The van der Waals surface area contributed by atoms with E-state index in [1.807, 2.05) is 12.2 Å². The number of allylic oxidation sites excluding steroid dienone is 2. The van der Waals surface area contributed by atoms with Crippen LogP contribution in [0.25, 0.3) is 0 Å². The number of rotatable bonds is 6. The zero-order chi connectivity index (χ0) is 11.2. The van der Waals surface area contributed by atoms with E-state index in [9.17, 15) is 4.79 Å². The first-order valence-electron chi connectivity index (χ1n) is 4.77. The molecule has 0 aliphatic heterocycles. The predicted molar refractivity (Wildman–Crippen MR) is 58.2 cm³/mol. The van der Waals surface area contributed by atoms with E-state index >= 15 is 0 Å². The Labute approximate surface area is 85.8 Å². The molecule has 2 N–H and O–H groups in total. The van der Waals surface area contributed by atoms with Gasteiger partial charge in [0.1, 0.15) is 0 Å². The molecule has 3 nitrogen and oxygen atoms in total. The summed E-state index contributed by atoms with van der Waals surface area (Å²) in [5.41, 5.74) is 0. The van der Waals surface area contributed by atoms with E-state index in [2.05, 4.69) is 6.58 Å². The molecule has 0 radical (unpaired) electrons. The highest BCUT2D eigenvalue weighted by molar-refractivity contribution is 5.66. The largest absolute Gasteiger partial charge is 0.481 e. The van der Waals surface area contributed by atoms with Gasteiger partial charge in [0, 0.05) is 6.42 Å². The first-order valence-corrected chi connectivity index (χ1v) is 4.77. The van der Waals surface area contributed by atoms with Crippen LogP contribution in [0, 0.1) is 0 Å². The van der Waals surface area contributed by atoms with Crippen LogP contribution in [0.1, 0.15) is 32.6 Å². The first-order chi connectivity index (χ1) is 6.68. The molecular weight excluding hydrogens is 180 g/mol. The number of hydrogen-bond donors (Lipinski definition) is 2. The number of unbranched alkanes of at least 4 members (excludes halogenated alkanes) is 2. The van der Waals surface area contributed by atoms with Gasteiger partial charge in [-0.05, 0) is 19.3 Å². The fourth-order valence-electron chi connectivity index (χ4n) is 0.572. The molecule has 0 atom stereocenters. The van der Waals surface area contributed by atoms with Gasteiger partial charge in [-0.15, -0.1) is 6.58 Å². The highest BCUT2D eigenvalue weighted by Gasteiger charge is 1.80. The van der Waals surface area contributed by atoms with Crippen molar-refractivity contribution in [2.24, 2.45) is 0 Å². The summed E-state index contributed by atoms with van der Waals surface area (Å²) in [4.78, 5) is 9.37. The molecule has 0 unspecified atom stereocenters. The minimum absolute atomic E-state index is 0.161. The Hall–Kier alpha value is -1.09. The Morgan fingerprint density at radius 2 is 1.93 bits per heavy atom. The van der Waals surface area contributed by atoms with Crippen LogP contribution < -0.4 is 0 Å². The Morgan fingerprint density at radius 3 is 2.29 bits per heavy atom. The summed E-state index contributed by atoms with van der Waals surface area (Å²) >= 11 is 0.